The van der Waals surface area contributed by atoms with Gasteiger partial charge in [-0.25, -0.2) is 4.79 Å². The number of carbonyl (C=O) groups excluding carboxylic acids is 2. The zero-order valence-electron chi connectivity index (χ0n) is 17.3. The number of H-pyrrole nitrogens is 1. The first-order chi connectivity index (χ1) is 15.4. The van der Waals surface area contributed by atoms with Crippen molar-refractivity contribution >= 4 is 40.4 Å². The van der Waals surface area contributed by atoms with Crippen LogP contribution in [0.15, 0.2) is 54.6 Å². The molecule has 2 heterocycles. The Kier molecular flexibility index (Phi) is 6.32. The van der Waals surface area contributed by atoms with E-state index in [0.29, 0.717) is 17.1 Å². The molecule has 1 aliphatic rings. The smallest absolute Gasteiger partial charge is 0.407 e. The second kappa shape index (κ2) is 9.32. The maximum absolute atomic E-state index is 13.3. The molecule has 8 nitrogen and oxygen atoms in total. The van der Waals surface area contributed by atoms with E-state index in [-0.39, 0.29) is 32.1 Å². The summed E-state index contributed by atoms with van der Waals surface area (Å²) in [5.41, 5.74) is 2.03. The zero-order valence-corrected chi connectivity index (χ0v) is 18.0. The molecule has 3 N–H and O–H groups in total. The van der Waals surface area contributed by atoms with Crippen LogP contribution in [0.5, 0.6) is 0 Å². The molecule has 0 saturated carbocycles. The monoisotopic (exact) mass is 454 g/mol. The van der Waals surface area contributed by atoms with Crippen molar-refractivity contribution < 1.29 is 19.5 Å². The number of hydrogen-bond donors (Lipinski definition) is 3. The largest absolute Gasteiger partial charge is 0.465 e. The predicted octanol–water partition coefficient (Wildman–Crippen LogP) is 2.98. The van der Waals surface area contributed by atoms with E-state index in [2.05, 4.69) is 10.3 Å². The second-order valence-electron chi connectivity index (χ2n) is 7.73. The van der Waals surface area contributed by atoms with Crippen molar-refractivity contribution in [3.05, 3.63) is 70.9 Å². The highest BCUT2D eigenvalue weighted by Gasteiger charge is 2.30. The van der Waals surface area contributed by atoms with Gasteiger partial charge in [-0.3, -0.25) is 9.59 Å². The molecule has 1 atom stereocenters. The van der Waals surface area contributed by atoms with Crippen LogP contribution in [0.25, 0.3) is 10.9 Å². The van der Waals surface area contributed by atoms with E-state index >= 15 is 0 Å². The summed E-state index contributed by atoms with van der Waals surface area (Å²) < 4.78 is 0. The van der Waals surface area contributed by atoms with Gasteiger partial charge in [-0.2, -0.15) is 0 Å². The second-order valence-corrected chi connectivity index (χ2v) is 8.16. The highest BCUT2D eigenvalue weighted by Crippen LogP contribution is 2.20. The van der Waals surface area contributed by atoms with Crippen molar-refractivity contribution in [2.45, 2.75) is 12.5 Å². The number of nitrogens with one attached hydrogen (secondary N) is 2. The van der Waals surface area contributed by atoms with Gasteiger partial charge in [0.25, 0.3) is 5.91 Å². The number of carboxylic acid groups (broad SMARTS) is 1. The van der Waals surface area contributed by atoms with E-state index in [1.165, 1.54) is 4.90 Å². The molecule has 1 fully saturated rings. The molecule has 0 aliphatic carbocycles. The molecule has 32 heavy (non-hydrogen) atoms. The summed E-state index contributed by atoms with van der Waals surface area (Å²) in [7, 11) is 0. The third kappa shape index (κ3) is 4.86. The van der Waals surface area contributed by atoms with E-state index in [9.17, 15) is 14.4 Å². The van der Waals surface area contributed by atoms with Gasteiger partial charge in [0.1, 0.15) is 11.7 Å². The molecule has 1 aliphatic heterocycles. The lowest BCUT2D eigenvalue weighted by molar-refractivity contribution is -0.134. The van der Waals surface area contributed by atoms with Crippen LogP contribution in [0.2, 0.25) is 5.02 Å². The Balaban J connectivity index is 1.52. The molecule has 1 saturated heterocycles. The van der Waals surface area contributed by atoms with Gasteiger partial charge in [0.05, 0.1) is 0 Å². The minimum absolute atomic E-state index is 0.230. The van der Waals surface area contributed by atoms with Crippen molar-refractivity contribution in [1.29, 1.82) is 0 Å². The molecule has 3 amide bonds. The first-order valence-electron chi connectivity index (χ1n) is 10.3. The molecule has 9 heteroatoms. The molecule has 0 bridgehead atoms. The Morgan fingerprint density at radius 2 is 1.69 bits per heavy atom. The Morgan fingerprint density at radius 3 is 2.38 bits per heavy atom. The number of aromatic nitrogens is 1. The summed E-state index contributed by atoms with van der Waals surface area (Å²) in [5.74, 6) is -0.623. The average Bonchev–Trinajstić information content (AvgIpc) is 3.22. The van der Waals surface area contributed by atoms with Gasteiger partial charge in [-0.05, 0) is 29.8 Å². The fourth-order valence-electron chi connectivity index (χ4n) is 3.85. The highest BCUT2D eigenvalue weighted by atomic mass is 35.5. The molecule has 0 radical (unpaired) electrons. The van der Waals surface area contributed by atoms with Gasteiger partial charge >= 0.3 is 6.09 Å². The number of benzene rings is 2. The molecule has 0 spiro atoms. The number of rotatable bonds is 5. The number of piperazine rings is 1. The lowest BCUT2D eigenvalue weighted by atomic mass is 10.0. The van der Waals surface area contributed by atoms with Gasteiger partial charge in [0.2, 0.25) is 5.91 Å². The van der Waals surface area contributed by atoms with Gasteiger partial charge in [0, 0.05) is 48.5 Å². The third-order valence-electron chi connectivity index (χ3n) is 5.58. The zero-order chi connectivity index (χ0) is 22.7. The van der Waals surface area contributed by atoms with Crippen LogP contribution in [-0.4, -0.2) is 70.0 Å². The summed E-state index contributed by atoms with van der Waals surface area (Å²) in [6.45, 7) is 1.07. The van der Waals surface area contributed by atoms with E-state index in [0.717, 1.165) is 16.5 Å². The Bertz CT molecular complexity index is 1140. The van der Waals surface area contributed by atoms with Crippen molar-refractivity contribution in [3.63, 3.8) is 0 Å². The van der Waals surface area contributed by atoms with Crippen LogP contribution in [0.4, 0.5) is 4.79 Å². The number of amides is 3. The van der Waals surface area contributed by atoms with Crippen LogP contribution >= 0.6 is 11.6 Å². The average molecular weight is 455 g/mol. The summed E-state index contributed by atoms with van der Waals surface area (Å²) in [4.78, 5) is 43.4. The van der Waals surface area contributed by atoms with E-state index < -0.39 is 18.0 Å². The summed E-state index contributed by atoms with van der Waals surface area (Å²) in [6.07, 6.45) is -0.665. The number of nitrogens with zero attached hydrogens (tertiary/aromatic N) is 2. The Hall–Kier alpha value is -3.52. The molecular weight excluding hydrogens is 432 g/mol. The molecule has 4 rings (SSSR count). The minimum atomic E-state index is -0.995. The third-order valence-corrected chi connectivity index (χ3v) is 5.81. The number of halogens is 1. The molecule has 166 valence electrons. The summed E-state index contributed by atoms with van der Waals surface area (Å²) >= 11 is 6.03. The number of carbonyl (C=O) groups is 3. The molecular formula is C23H23ClN4O4. The van der Waals surface area contributed by atoms with Gasteiger partial charge < -0.3 is 25.2 Å². The molecule has 1 aromatic heterocycles. The van der Waals surface area contributed by atoms with Crippen LogP contribution in [0.3, 0.4) is 0 Å². The summed E-state index contributed by atoms with van der Waals surface area (Å²) in [6, 6.07) is 15.7. The van der Waals surface area contributed by atoms with Gasteiger partial charge in [-0.15, -0.1) is 0 Å². The Morgan fingerprint density at radius 1 is 1.00 bits per heavy atom. The van der Waals surface area contributed by atoms with Crippen LogP contribution in [-0.2, 0) is 11.2 Å². The number of fused-ring (bicyclic) bond motifs is 1. The molecule has 3 aromatic rings. The summed E-state index contributed by atoms with van der Waals surface area (Å²) in [5, 5.41) is 13.4. The molecule has 2 aromatic carbocycles. The lowest BCUT2D eigenvalue weighted by Gasteiger charge is -2.35. The van der Waals surface area contributed by atoms with E-state index in [1.807, 2.05) is 30.3 Å². The van der Waals surface area contributed by atoms with Crippen molar-refractivity contribution in [1.82, 2.24) is 20.1 Å². The Labute approximate surface area is 189 Å². The first kappa shape index (κ1) is 21.7. The first-order valence-corrected chi connectivity index (χ1v) is 10.7. The van der Waals surface area contributed by atoms with Crippen molar-refractivity contribution in [3.8, 4) is 0 Å². The lowest BCUT2D eigenvalue weighted by Crippen LogP contribution is -2.56. The number of aromatic amines is 1. The normalized spacial score (nSPS) is 14.9. The SMILES string of the molecule is O=C(NC(Cc1ccccc1)C(=O)N1CCN(C(=O)O)CC1)c1cc2cc(Cl)ccc2[nH]1. The highest BCUT2D eigenvalue weighted by molar-refractivity contribution is 6.31. The van der Waals surface area contributed by atoms with Crippen LogP contribution in [0, 0.1) is 0 Å². The van der Waals surface area contributed by atoms with Crippen molar-refractivity contribution in [2.75, 3.05) is 26.2 Å². The fraction of sp³-hybridized carbons (Fsp3) is 0.261. The predicted molar refractivity (Wildman–Crippen MR) is 121 cm³/mol. The minimum Gasteiger partial charge on any atom is -0.465 e. The maximum Gasteiger partial charge on any atom is 0.407 e. The maximum atomic E-state index is 13.3. The molecule has 1 unspecified atom stereocenters. The van der Waals surface area contributed by atoms with Crippen LogP contribution in [0.1, 0.15) is 16.1 Å². The van der Waals surface area contributed by atoms with Gasteiger partial charge in [0.15, 0.2) is 0 Å². The standard InChI is InChI=1S/C23H23ClN4O4/c24-17-6-7-18-16(13-17)14-19(25-18)21(29)26-20(12-15-4-2-1-3-5-15)22(30)27-8-10-28(11-9-27)23(31)32/h1-7,13-14,20,25H,8-12H2,(H,26,29)(H,31,32). The van der Waals surface area contributed by atoms with Crippen molar-refractivity contribution in [2.24, 2.45) is 0 Å². The van der Waals surface area contributed by atoms with E-state index in [1.54, 1.807) is 29.2 Å². The fourth-order valence-corrected chi connectivity index (χ4v) is 4.03. The number of hydrogen-bond acceptors (Lipinski definition) is 3. The van der Waals surface area contributed by atoms with E-state index in [4.69, 9.17) is 16.7 Å². The topological polar surface area (TPSA) is 106 Å². The van der Waals surface area contributed by atoms with Crippen LogP contribution < -0.4 is 5.32 Å². The van der Waals surface area contributed by atoms with Gasteiger partial charge in [-0.1, -0.05) is 41.9 Å². The quantitative estimate of drug-likeness (QED) is 0.551.